The molecule has 26 heavy (non-hydrogen) atoms. The van der Waals surface area contributed by atoms with Gasteiger partial charge in [-0.2, -0.15) is 5.10 Å². The number of carbonyl (C=O) groups is 2. The Bertz CT molecular complexity index is 831. The number of hydrogen-bond acceptors (Lipinski definition) is 5. The minimum absolute atomic E-state index is 0.0902. The zero-order chi connectivity index (χ0) is 18.7. The number of rotatable bonds is 4. The number of nitrogens with one attached hydrogen (secondary N) is 1. The van der Waals surface area contributed by atoms with Gasteiger partial charge in [-0.25, -0.2) is 4.98 Å². The molecule has 7 nitrogen and oxygen atoms in total. The Hall–Kier alpha value is -2.19. The molecule has 0 bridgehead atoms. The molecule has 0 radical (unpaired) electrons. The number of halogens is 1. The van der Waals surface area contributed by atoms with Crippen LogP contribution in [-0.2, 0) is 16.6 Å². The van der Waals surface area contributed by atoms with Crippen molar-refractivity contribution < 1.29 is 9.59 Å². The summed E-state index contributed by atoms with van der Waals surface area (Å²) in [6.45, 7) is 2.89. The third-order valence-corrected chi connectivity index (χ3v) is 5.49. The Morgan fingerprint density at radius 3 is 2.92 bits per heavy atom. The molecule has 1 unspecified atom stereocenters. The van der Waals surface area contributed by atoms with Crippen LogP contribution in [0.15, 0.2) is 17.7 Å². The van der Waals surface area contributed by atoms with Gasteiger partial charge in [-0.05, 0) is 25.8 Å². The number of carbonyl (C=O) groups excluding carboxylic acids is 2. The molecule has 1 fully saturated rings. The van der Waals surface area contributed by atoms with E-state index < -0.39 is 0 Å². The monoisotopic (exact) mass is 393 g/mol. The van der Waals surface area contributed by atoms with E-state index in [0.29, 0.717) is 23.4 Å². The van der Waals surface area contributed by atoms with Gasteiger partial charge in [0.05, 0.1) is 11.6 Å². The molecule has 2 aromatic heterocycles. The molecule has 1 atom stereocenters. The predicted octanol–water partition coefficient (Wildman–Crippen LogP) is 2.73. The first-order valence-corrected chi connectivity index (χ1v) is 9.58. The molecule has 0 spiro atoms. The van der Waals surface area contributed by atoms with E-state index in [-0.39, 0.29) is 17.7 Å². The maximum atomic E-state index is 12.5. The van der Waals surface area contributed by atoms with E-state index in [1.165, 1.54) is 17.4 Å². The molecule has 0 aromatic carbocycles. The molecule has 9 heteroatoms. The van der Waals surface area contributed by atoms with Crippen molar-refractivity contribution in [2.45, 2.75) is 19.8 Å². The van der Waals surface area contributed by atoms with Gasteiger partial charge < -0.3 is 10.2 Å². The van der Waals surface area contributed by atoms with Gasteiger partial charge in [0.1, 0.15) is 5.15 Å². The molecule has 2 amide bonds. The quantitative estimate of drug-likeness (QED) is 0.810. The van der Waals surface area contributed by atoms with Crippen LogP contribution in [0.4, 0.5) is 5.13 Å². The summed E-state index contributed by atoms with van der Waals surface area (Å²) in [5.41, 5.74) is 1.50. The Balaban J connectivity index is 1.62. The van der Waals surface area contributed by atoms with Gasteiger partial charge in [0, 0.05) is 43.4 Å². The fourth-order valence-electron chi connectivity index (χ4n) is 2.98. The van der Waals surface area contributed by atoms with E-state index in [4.69, 9.17) is 11.6 Å². The number of hydrogen-bond donors (Lipinski definition) is 1. The molecule has 2 aromatic rings. The van der Waals surface area contributed by atoms with Crippen molar-refractivity contribution in [2.24, 2.45) is 13.0 Å². The smallest absolute Gasteiger partial charge is 0.246 e. The van der Waals surface area contributed by atoms with Crippen molar-refractivity contribution in [1.29, 1.82) is 0 Å². The fourth-order valence-corrected chi connectivity index (χ4v) is 3.75. The minimum atomic E-state index is -0.228. The van der Waals surface area contributed by atoms with Crippen LogP contribution in [-0.4, -0.2) is 44.6 Å². The average Bonchev–Trinajstić information content (AvgIpc) is 3.22. The van der Waals surface area contributed by atoms with E-state index in [1.807, 2.05) is 12.3 Å². The van der Waals surface area contributed by atoms with Crippen LogP contribution in [0.1, 0.15) is 24.1 Å². The van der Waals surface area contributed by atoms with Crippen molar-refractivity contribution in [3.63, 3.8) is 0 Å². The maximum absolute atomic E-state index is 12.5. The van der Waals surface area contributed by atoms with Crippen LogP contribution >= 0.6 is 22.9 Å². The molecule has 0 saturated carbocycles. The summed E-state index contributed by atoms with van der Waals surface area (Å²) >= 11 is 7.56. The van der Waals surface area contributed by atoms with Crippen LogP contribution in [0.5, 0.6) is 0 Å². The first-order valence-electron chi connectivity index (χ1n) is 8.32. The first-order chi connectivity index (χ1) is 12.5. The van der Waals surface area contributed by atoms with Crippen molar-refractivity contribution >= 4 is 46.0 Å². The van der Waals surface area contributed by atoms with Crippen molar-refractivity contribution in [3.8, 4) is 0 Å². The lowest BCUT2D eigenvalue weighted by atomic mass is 9.97. The predicted molar refractivity (Wildman–Crippen MR) is 102 cm³/mol. The van der Waals surface area contributed by atoms with Gasteiger partial charge in [-0.1, -0.05) is 11.6 Å². The van der Waals surface area contributed by atoms with E-state index in [0.717, 1.165) is 24.1 Å². The van der Waals surface area contributed by atoms with E-state index in [1.54, 1.807) is 28.9 Å². The number of amides is 2. The Morgan fingerprint density at radius 2 is 2.27 bits per heavy atom. The highest BCUT2D eigenvalue weighted by atomic mass is 35.5. The van der Waals surface area contributed by atoms with Crippen LogP contribution in [0.25, 0.3) is 6.08 Å². The molecular weight excluding hydrogens is 374 g/mol. The van der Waals surface area contributed by atoms with E-state index >= 15 is 0 Å². The van der Waals surface area contributed by atoms with Crippen molar-refractivity contribution in [3.05, 3.63) is 34.1 Å². The van der Waals surface area contributed by atoms with E-state index in [2.05, 4.69) is 15.4 Å². The molecule has 3 rings (SSSR count). The standard InChI is InChI=1S/C17H20ClN5O2S/c1-11-13(15(18)22(2)21-11)5-6-14(24)23-8-3-4-12(10-23)16(25)20-17-19-7-9-26-17/h5-7,9,12H,3-4,8,10H2,1-2H3,(H,19,20,25). The van der Waals surface area contributed by atoms with Gasteiger partial charge >= 0.3 is 0 Å². The second-order valence-corrected chi connectivity index (χ2v) is 7.45. The second kappa shape index (κ2) is 8.01. The van der Waals surface area contributed by atoms with Gasteiger partial charge in [0.25, 0.3) is 0 Å². The van der Waals surface area contributed by atoms with Gasteiger partial charge in [-0.3, -0.25) is 14.3 Å². The van der Waals surface area contributed by atoms with Crippen LogP contribution < -0.4 is 5.32 Å². The highest BCUT2D eigenvalue weighted by molar-refractivity contribution is 7.13. The summed E-state index contributed by atoms with van der Waals surface area (Å²) in [6.07, 6.45) is 6.39. The normalized spacial score (nSPS) is 17.7. The highest BCUT2D eigenvalue weighted by Crippen LogP contribution is 2.22. The zero-order valence-electron chi connectivity index (χ0n) is 14.6. The van der Waals surface area contributed by atoms with Crippen LogP contribution in [0.2, 0.25) is 5.15 Å². The number of likely N-dealkylation sites (tertiary alicyclic amines) is 1. The summed E-state index contributed by atoms with van der Waals surface area (Å²) < 4.78 is 1.57. The summed E-state index contributed by atoms with van der Waals surface area (Å²) in [4.78, 5) is 30.7. The summed E-state index contributed by atoms with van der Waals surface area (Å²) in [5, 5.41) is 9.92. The number of thiazole rings is 1. The Kier molecular flexibility index (Phi) is 5.73. The summed E-state index contributed by atoms with van der Waals surface area (Å²) in [6, 6.07) is 0. The lowest BCUT2D eigenvalue weighted by molar-refractivity contribution is -0.130. The molecule has 0 aliphatic carbocycles. The van der Waals surface area contributed by atoms with Crippen LogP contribution in [0.3, 0.4) is 0 Å². The van der Waals surface area contributed by atoms with Gasteiger partial charge in [-0.15, -0.1) is 11.3 Å². The highest BCUT2D eigenvalue weighted by Gasteiger charge is 2.28. The van der Waals surface area contributed by atoms with Crippen molar-refractivity contribution in [2.75, 3.05) is 18.4 Å². The molecule has 1 N–H and O–H groups in total. The number of aromatic nitrogens is 3. The summed E-state index contributed by atoms with van der Waals surface area (Å²) in [5.74, 6) is -0.447. The summed E-state index contributed by atoms with van der Waals surface area (Å²) in [7, 11) is 1.75. The molecule has 138 valence electrons. The lowest BCUT2D eigenvalue weighted by Gasteiger charge is -2.31. The Morgan fingerprint density at radius 1 is 1.46 bits per heavy atom. The number of piperidine rings is 1. The Labute approximate surface area is 160 Å². The molecule has 3 heterocycles. The van der Waals surface area contributed by atoms with Gasteiger partial charge in [0.2, 0.25) is 11.8 Å². The molecule has 1 aliphatic rings. The SMILES string of the molecule is Cc1nn(C)c(Cl)c1C=CC(=O)N1CCCC(C(=O)Nc2nccs2)C1. The number of aryl methyl sites for hydroxylation is 2. The third kappa shape index (κ3) is 4.13. The second-order valence-electron chi connectivity index (χ2n) is 6.20. The topological polar surface area (TPSA) is 80.1 Å². The van der Waals surface area contributed by atoms with E-state index in [9.17, 15) is 9.59 Å². The zero-order valence-corrected chi connectivity index (χ0v) is 16.2. The molecule has 1 saturated heterocycles. The minimum Gasteiger partial charge on any atom is -0.338 e. The number of anilines is 1. The van der Waals surface area contributed by atoms with Crippen molar-refractivity contribution in [1.82, 2.24) is 19.7 Å². The largest absolute Gasteiger partial charge is 0.338 e. The van der Waals surface area contributed by atoms with Crippen LogP contribution in [0, 0.1) is 12.8 Å². The first kappa shape index (κ1) is 18.6. The lowest BCUT2D eigenvalue weighted by Crippen LogP contribution is -2.43. The third-order valence-electron chi connectivity index (χ3n) is 4.36. The fraction of sp³-hybridized carbons (Fsp3) is 0.412. The molecule has 1 aliphatic heterocycles. The van der Waals surface area contributed by atoms with Gasteiger partial charge in [0.15, 0.2) is 5.13 Å². The average molecular weight is 394 g/mol. The molecular formula is C17H20ClN5O2S. The number of nitrogens with zero attached hydrogens (tertiary/aromatic N) is 4. The maximum Gasteiger partial charge on any atom is 0.246 e.